The Hall–Kier alpha value is -2.93. The maximum Gasteiger partial charge on any atom is 0.230 e. The molecule has 0 saturated carbocycles. The van der Waals surface area contributed by atoms with Gasteiger partial charge in [0.15, 0.2) is 5.17 Å². The number of thioether (sulfide) groups is 1. The Morgan fingerprint density at radius 3 is 2.52 bits per heavy atom. The predicted octanol–water partition coefficient (Wildman–Crippen LogP) is 3.46. The minimum absolute atomic E-state index is 0.0780. The smallest absolute Gasteiger partial charge is 0.230 e. The van der Waals surface area contributed by atoms with E-state index in [0.29, 0.717) is 12.2 Å². The molecule has 6 nitrogen and oxygen atoms in total. The standard InChI is InChI=1S/C20H19N5OS/c1-24-19(26)12-18(15-8-4-2-5-9-15)21-20(24)27-14-16-13-25(23-22-16)17-10-6-3-7-11-17/h2-11,13,18H,12,14H2,1H3. The Balaban J connectivity index is 1.49. The first kappa shape index (κ1) is 17.5. The monoisotopic (exact) mass is 377 g/mol. The zero-order chi connectivity index (χ0) is 18.6. The number of amidine groups is 1. The van der Waals surface area contributed by atoms with Crippen LogP contribution in [0.4, 0.5) is 0 Å². The molecule has 4 rings (SSSR count). The van der Waals surface area contributed by atoms with Crippen molar-refractivity contribution in [3.8, 4) is 5.69 Å². The van der Waals surface area contributed by atoms with Crippen molar-refractivity contribution in [2.75, 3.05) is 7.05 Å². The van der Waals surface area contributed by atoms with Gasteiger partial charge in [-0.15, -0.1) is 5.10 Å². The van der Waals surface area contributed by atoms with Crippen molar-refractivity contribution < 1.29 is 4.79 Å². The molecule has 7 heteroatoms. The molecule has 1 unspecified atom stereocenters. The second-order valence-electron chi connectivity index (χ2n) is 6.27. The topological polar surface area (TPSA) is 63.4 Å². The van der Waals surface area contributed by atoms with Crippen LogP contribution in [0.1, 0.15) is 23.7 Å². The third-order valence-electron chi connectivity index (χ3n) is 4.39. The minimum atomic E-state index is -0.127. The largest absolute Gasteiger partial charge is 0.295 e. The molecule has 0 N–H and O–H groups in total. The summed E-state index contributed by atoms with van der Waals surface area (Å²) in [4.78, 5) is 18.8. The molecule has 0 saturated heterocycles. The molecule has 0 aliphatic carbocycles. The normalized spacial score (nSPS) is 17.1. The number of para-hydroxylation sites is 1. The predicted molar refractivity (Wildman–Crippen MR) is 107 cm³/mol. The maximum absolute atomic E-state index is 12.4. The summed E-state index contributed by atoms with van der Waals surface area (Å²) >= 11 is 1.51. The fourth-order valence-corrected chi connectivity index (χ4v) is 3.79. The molecule has 2 heterocycles. The number of hydrogen-bond acceptors (Lipinski definition) is 5. The van der Waals surface area contributed by atoms with Crippen LogP contribution < -0.4 is 0 Å². The number of rotatable bonds is 4. The van der Waals surface area contributed by atoms with Crippen molar-refractivity contribution in [1.82, 2.24) is 19.9 Å². The molecule has 1 aliphatic heterocycles. The fraction of sp³-hybridized carbons (Fsp3) is 0.200. The van der Waals surface area contributed by atoms with Crippen LogP contribution in [-0.2, 0) is 10.5 Å². The summed E-state index contributed by atoms with van der Waals surface area (Å²) in [5.74, 6) is 0.680. The van der Waals surface area contributed by atoms with Crippen LogP contribution in [0.15, 0.2) is 71.9 Å². The van der Waals surface area contributed by atoms with E-state index in [2.05, 4.69) is 10.3 Å². The number of amides is 1. The second-order valence-corrected chi connectivity index (χ2v) is 7.22. The third kappa shape index (κ3) is 3.93. The Bertz CT molecular complexity index is 955. The van der Waals surface area contributed by atoms with Crippen LogP contribution in [0, 0.1) is 0 Å². The second kappa shape index (κ2) is 7.75. The first-order valence-electron chi connectivity index (χ1n) is 8.69. The molecule has 1 atom stereocenters. The SMILES string of the molecule is CN1C(=O)CC(c2ccccc2)N=C1SCc1cn(-c2ccccc2)nn1. The lowest BCUT2D eigenvalue weighted by Gasteiger charge is -2.27. The lowest BCUT2D eigenvalue weighted by atomic mass is 10.0. The molecule has 0 radical (unpaired) electrons. The first-order chi connectivity index (χ1) is 13.2. The van der Waals surface area contributed by atoms with Crippen molar-refractivity contribution in [1.29, 1.82) is 0 Å². The number of carbonyl (C=O) groups excluding carboxylic acids is 1. The summed E-state index contributed by atoms with van der Waals surface area (Å²) in [6.45, 7) is 0. The summed E-state index contributed by atoms with van der Waals surface area (Å²) in [5, 5.41) is 9.13. The number of aromatic nitrogens is 3. The minimum Gasteiger partial charge on any atom is -0.295 e. The summed E-state index contributed by atoms with van der Waals surface area (Å²) in [6.07, 6.45) is 2.30. The molecular weight excluding hydrogens is 358 g/mol. The quantitative estimate of drug-likeness (QED) is 0.698. The zero-order valence-electron chi connectivity index (χ0n) is 14.9. The Morgan fingerprint density at radius 1 is 1.07 bits per heavy atom. The summed E-state index contributed by atoms with van der Waals surface area (Å²) in [6, 6.07) is 19.7. The van der Waals surface area contributed by atoms with Crippen molar-refractivity contribution in [2.45, 2.75) is 18.2 Å². The molecule has 0 bridgehead atoms. The fourth-order valence-electron chi connectivity index (χ4n) is 2.89. The Labute approximate surface area is 161 Å². The van der Waals surface area contributed by atoms with Gasteiger partial charge in [-0.1, -0.05) is 65.5 Å². The van der Waals surface area contributed by atoms with Gasteiger partial charge in [0.25, 0.3) is 0 Å². The zero-order valence-corrected chi connectivity index (χ0v) is 15.7. The molecule has 0 spiro atoms. The molecule has 1 amide bonds. The van der Waals surface area contributed by atoms with Gasteiger partial charge in [0.1, 0.15) is 0 Å². The van der Waals surface area contributed by atoms with Crippen molar-refractivity contribution >= 4 is 22.8 Å². The highest BCUT2D eigenvalue weighted by atomic mass is 32.2. The molecule has 136 valence electrons. The van der Waals surface area contributed by atoms with Crippen LogP contribution >= 0.6 is 11.8 Å². The van der Waals surface area contributed by atoms with E-state index >= 15 is 0 Å². The van der Waals surface area contributed by atoms with E-state index < -0.39 is 0 Å². The van der Waals surface area contributed by atoms with Gasteiger partial charge in [-0.2, -0.15) is 0 Å². The van der Waals surface area contributed by atoms with Crippen LogP contribution in [0.25, 0.3) is 5.69 Å². The molecule has 1 aromatic heterocycles. The van der Waals surface area contributed by atoms with Gasteiger partial charge >= 0.3 is 0 Å². The number of hydrogen-bond donors (Lipinski definition) is 0. The lowest BCUT2D eigenvalue weighted by molar-refractivity contribution is -0.127. The summed E-state index contributed by atoms with van der Waals surface area (Å²) < 4.78 is 1.75. The van der Waals surface area contributed by atoms with E-state index in [1.54, 1.807) is 16.6 Å². The van der Waals surface area contributed by atoms with Gasteiger partial charge in [0.05, 0.1) is 30.0 Å². The van der Waals surface area contributed by atoms with Gasteiger partial charge < -0.3 is 0 Å². The number of aliphatic imine (C=N–C) groups is 1. The molecule has 2 aromatic carbocycles. The highest BCUT2D eigenvalue weighted by molar-refractivity contribution is 8.13. The first-order valence-corrected chi connectivity index (χ1v) is 9.68. The van der Waals surface area contributed by atoms with Gasteiger partial charge in [-0.25, -0.2) is 4.68 Å². The Morgan fingerprint density at radius 2 is 1.78 bits per heavy atom. The summed E-state index contributed by atoms with van der Waals surface area (Å²) in [5.41, 5.74) is 2.87. The average Bonchev–Trinajstić information content (AvgIpc) is 3.19. The van der Waals surface area contributed by atoms with Crippen molar-refractivity contribution in [3.63, 3.8) is 0 Å². The van der Waals surface area contributed by atoms with Gasteiger partial charge in [0, 0.05) is 12.8 Å². The molecule has 0 fully saturated rings. The Kier molecular flexibility index (Phi) is 5.02. The van der Waals surface area contributed by atoms with E-state index in [9.17, 15) is 4.79 Å². The molecular formula is C20H19N5OS. The van der Waals surface area contributed by atoms with Crippen LogP contribution in [0.2, 0.25) is 0 Å². The van der Waals surface area contributed by atoms with Gasteiger partial charge in [-0.05, 0) is 17.7 Å². The van der Waals surface area contributed by atoms with E-state index in [4.69, 9.17) is 4.99 Å². The lowest BCUT2D eigenvalue weighted by Crippen LogP contribution is -2.36. The third-order valence-corrected chi connectivity index (χ3v) is 5.47. The van der Waals surface area contributed by atoms with E-state index in [0.717, 1.165) is 22.1 Å². The number of nitrogens with zero attached hydrogens (tertiary/aromatic N) is 5. The van der Waals surface area contributed by atoms with Gasteiger partial charge in [-0.3, -0.25) is 14.7 Å². The van der Waals surface area contributed by atoms with Crippen molar-refractivity contribution in [3.05, 3.63) is 78.1 Å². The van der Waals surface area contributed by atoms with Crippen LogP contribution in [0.5, 0.6) is 0 Å². The van der Waals surface area contributed by atoms with E-state index in [-0.39, 0.29) is 11.9 Å². The molecule has 1 aliphatic rings. The highest BCUT2D eigenvalue weighted by Gasteiger charge is 2.27. The number of benzene rings is 2. The van der Waals surface area contributed by atoms with E-state index in [1.807, 2.05) is 66.9 Å². The maximum atomic E-state index is 12.4. The van der Waals surface area contributed by atoms with E-state index in [1.165, 1.54) is 11.8 Å². The van der Waals surface area contributed by atoms with Crippen LogP contribution in [0.3, 0.4) is 0 Å². The molecule has 3 aromatic rings. The number of carbonyl (C=O) groups is 1. The van der Waals surface area contributed by atoms with Crippen molar-refractivity contribution in [2.24, 2.45) is 4.99 Å². The van der Waals surface area contributed by atoms with Crippen LogP contribution in [-0.4, -0.2) is 38.0 Å². The van der Waals surface area contributed by atoms with Gasteiger partial charge in [0.2, 0.25) is 5.91 Å². The molecule has 27 heavy (non-hydrogen) atoms. The highest BCUT2D eigenvalue weighted by Crippen LogP contribution is 2.29. The summed E-state index contributed by atoms with van der Waals surface area (Å²) in [7, 11) is 1.77. The average molecular weight is 377 g/mol.